The van der Waals surface area contributed by atoms with E-state index < -0.39 is 11.9 Å². The maximum atomic E-state index is 10.6. The van der Waals surface area contributed by atoms with E-state index in [9.17, 15) is 4.79 Å². The highest BCUT2D eigenvalue weighted by atomic mass is 16.4. The van der Waals surface area contributed by atoms with Gasteiger partial charge >= 0.3 is 5.97 Å². The van der Waals surface area contributed by atoms with Crippen LogP contribution in [0.15, 0.2) is 30.5 Å². The summed E-state index contributed by atoms with van der Waals surface area (Å²) in [4.78, 5) is 13.7. The van der Waals surface area contributed by atoms with E-state index in [1.807, 2.05) is 30.3 Å². The zero-order valence-electron chi connectivity index (χ0n) is 8.47. The van der Waals surface area contributed by atoms with Gasteiger partial charge in [0.25, 0.3) is 0 Å². The molecule has 0 aliphatic heterocycles. The molecule has 0 aliphatic rings. The largest absolute Gasteiger partial charge is 0.481 e. The number of benzene rings is 1. The Kier molecular flexibility index (Phi) is 2.61. The summed E-state index contributed by atoms with van der Waals surface area (Å²) in [6.07, 6.45) is 1.54. The number of aromatic nitrogens is 1. The summed E-state index contributed by atoms with van der Waals surface area (Å²) < 4.78 is 0. The van der Waals surface area contributed by atoms with Crippen LogP contribution in [-0.2, 0) is 4.79 Å². The van der Waals surface area contributed by atoms with Crippen LogP contribution < -0.4 is 0 Å². The number of aliphatic carboxylic acids is 1. The van der Waals surface area contributed by atoms with Gasteiger partial charge in [-0.2, -0.15) is 5.26 Å². The first kappa shape index (κ1) is 10.2. The highest BCUT2D eigenvalue weighted by molar-refractivity contribution is 5.84. The van der Waals surface area contributed by atoms with Crippen molar-refractivity contribution in [2.45, 2.75) is 12.3 Å². The van der Waals surface area contributed by atoms with Gasteiger partial charge in [-0.1, -0.05) is 18.2 Å². The molecule has 0 saturated carbocycles. The summed E-state index contributed by atoms with van der Waals surface area (Å²) in [5.41, 5.74) is 1.67. The number of carboxylic acids is 1. The fourth-order valence-electron chi connectivity index (χ4n) is 1.78. The third-order valence-corrected chi connectivity index (χ3v) is 2.53. The molecule has 4 nitrogen and oxygen atoms in total. The molecule has 1 aromatic heterocycles. The molecule has 4 heteroatoms. The van der Waals surface area contributed by atoms with Gasteiger partial charge in [0.15, 0.2) is 0 Å². The number of aromatic amines is 1. The molecule has 1 atom stereocenters. The highest BCUT2D eigenvalue weighted by Crippen LogP contribution is 2.27. The molecule has 2 rings (SSSR count). The van der Waals surface area contributed by atoms with E-state index in [1.54, 1.807) is 6.20 Å². The van der Waals surface area contributed by atoms with Crippen LogP contribution in [0.5, 0.6) is 0 Å². The monoisotopic (exact) mass is 214 g/mol. The van der Waals surface area contributed by atoms with Crippen LogP contribution in [0.2, 0.25) is 0 Å². The lowest BCUT2D eigenvalue weighted by atomic mass is 9.97. The van der Waals surface area contributed by atoms with Crippen LogP contribution in [0.4, 0.5) is 0 Å². The second kappa shape index (κ2) is 4.07. The molecule has 0 fully saturated rings. The lowest BCUT2D eigenvalue weighted by Gasteiger charge is -2.03. The van der Waals surface area contributed by atoms with Gasteiger partial charge in [-0.05, 0) is 11.6 Å². The Morgan fingerprint density at radius 3 is 2.94 bits per heavy atom. The summed E-state index contributed by atoms with van der Waals surface area (Å²) in [7, 11) is 0. The lowest BCUT2D eigenvalue weighted by molar-refractivity contribution is -0.137. The molecule has 0 saturated heterocycles. The van der Waals surface area contributed by atoms with Crippen molar-refractivity contribution in [2.75, 3.05) is 0 Å². The minimum absolute atomic E-state index is 0.168. The van der Waals surface area contributed by atoms with Crippen molar-refractivity contribution in [3.8, 4) is 6.07 Å². The number of fused-ring (bicyclic) bond motifs is 1. The molecule has 0 aliphatic carbocycles. The third kappa shape index (κ3) is 1.75. The number of carbonyl (C=O) groups is 1. The molecule has 0 bridgehead atoms. The maximum absolute atomic E-state index is 10.6. The zero-order valence-corrected chi connectivity index (χ0v) is 8.47. The van der Waals surface area contributed by atoms with E-state index in [-0.39, 0.29) is 6.42 Å². The van der Waals surface area contributed by atoms with Crippen LogP contribution in [-0.4, -0.2) is 16.1 Å². The van der Waals surface area contributed by atoms with E-state index in [4.69, 9.17) is 10.4 Å². The van der Waals surface area contributed by atoms with Crippen LogP contribution in [0.25, 0.3) is 10.9 Å². The molecule has 0 spiro atoms. The molecular formula is C12H10N2O2. The summed E-state index contributed by atoms with van der Waals surface area (Å²) in [6.45, 7) is 0. The average molecular weight is 214 g/mol. The van der Waals surface area contributed by atoms with Gasteiger partial charge in [0.05, 0.1) is 18.4 Å². The lowest BCUT2D eigenvalue weighted by Crippen LogP contribution is -2.03. The first-order valence-electron chi connectivity index (χ1n) is 4.90. The van der Waals surface area contributed by atoms with Crippen molar-refractivity contribution in [1.82, 2.24) is 4.98 Å². The van der Waals surface area contributed by atoms with E-state index >= 15 is 0 Å². The number of hydrogen-bond donors (Lipinski definition) is 2. The molecule has 1 unspecified atom stereocenters. The van der Waals surface area contributed by atoms with Crippen molar-refractivity contribution in [3.05, 3.63) is 36.0 Å². The van der Waals surface area contributed by atoms with Crippen LogP contribution >= 0.6 is 0 Å². The second-order valence-corrected chi connectivity index (χ2v) is 3.57. The van der Waals surface area contributed by atoms with Crippen LogP contribution in [0.3, 0.4) is 0 Å². The van der Waals surface area contributed by atoms with Gasteiger partial charge in [-0.3, -0.25) is 4.79 Å². The van der Waals surface area contributed by atoms with Crippen LogP contribution in [0, 0.1) is 11.3 Å². The van der Waals surface area contributed by atoms with Crippen molar-refractivity contribution < 1.29 is 9.90 Å². The van der Waals surface area contributed by atoms with E-state index in [0.29, 0.717) is 0 Å². The quantitative estimate of drug-likeness (QED) is 0.822. The van der Waals surface area contributed by atoms with Gasteiger partial charge < -0.3 is 10.1 Å². The second-order valence-electron chi connectivity index (χ2n) is 3.57. The van der Waals surface area contributed by atoms with Gasteiger partial charge in [-0.15, -0.1) is 0 Å². The number of hydrogen-bond acceptors (Lipinski definition) is 2. The Labute approximate surface area is 92.1 Å². The molecule has 0 amide bonds. The van der Waals surface area contributed by atoms with E-state index in [2.05, 4.69) is 4.98 Å². The van der Waals surface area contributed by atoms with Crippen molar-refractivity contribution in [2.24, 2.45) is 0 Å². The Bertz CT molecular complexity index is 566. The highest BCUT2D eigenvalue weighted by Gasteiger charge is 2.18. The van der Waals surface area contributed by atoms with E-state index in [0.717, 1.165) is 16.5 Å². The number of carboxylic acid groups (broad SMARTS) is 1. The number of nitrogens with one attached hydrogen (secondary N) is 1. The Morgan fingerprint density at radius 2 is 2.25 bits per heavy atom. The number of H-pyrrole nitrogens is 1. The third-order valence-electron chi connectivity index (χ3n) is 2.53. The zero-order chi connectivity index (χ0) is 11.5. The molecule has 0 radical (unpaired) electrons. The number of nitriles is 1. The summed E-state index contributed by atoms with van der Waals surface area (Å²) in [6, 6.07) is 9.57. The standard InChI is InChI=1S/C12H10N2O2/c13-6-8(5-12(15)16)10-7-14-11-4-2-1-3-9(10)11/h1-4,7-8,14H,5H2,(H,15,16). The van der Waals surface area contributed by atoms with E-state index in [1.165, 1.54) is 0 Å². The predicted molar refractivity (Wildman–Crippen MR) is 58.9 cm³/mol. The summed E-state index contributed by atoms with van der Waals surface area (Å²) in [5, 5.41) is 18.6. The SMILES string of the molecule is N#CC(CC(=O)O)c1c[nH]c2ccccc12. The minimum atomic E-state index is -0.961. The molecule has 2 aromatic rings. The Hall–Kier alpha value is -2.28. The topological polar surface area (TPSA) is 76.9 Å². The van der Waals surface area contributed by atoms with Crippen molar-refractivity contribution in [1.29, 1.82) is 5.26 Å². The molecule has 2 N–H and O–H groups in total. The number of para-hydroxylation sites is 1. The fraction of sp³-hybridized carbons (Fsp3) is 0.167. The first-order valence-corrected chi connectivity index (χ1v) is 4.90. The molecule has 1 aromatic carbocycles. The van der Waals surface area contributed by atoms with Crippen molar-refractivity contribution >= 4 is 16.9 Å². The van der Waals surface area contributed by atoms with Gasteiger partial charge in [0.1, 0.15) is 0 Å². The molecular weight excluding hydrogens is 204 g/mol. The maximum Gasteiger partial charge on any atom is 0.305 e. The summed E-state index contributed by atoms with van der Waals surface area (Å²) >= 11 is 0. The smallest absolute Gasteiger partial charge is 0.305 e. The van der Waals surface area contributed by atoms with Crippen LogP contribution in [0.1, 0.15) is 17.9 Å². The normalized spacial score (nSPS) is 12.2. The number of rotatable bonds is 3. The fourth-order valence-corrected chi connectivity index (χ4v) is 1.78. The molecule has 80 valence electrons. The summed E-state index contributed by atoms with van der Waals surface area (Å²) in [5.74, 6) is -1.56. The van der Waals surface area contributed by atoms with Crippen molar-refractivity contribution in [3.63, 3.8) is 0 Å². The number of nitrogens with zero attached hydrogens (tertiary/aromatic N) is 1. The van der Waals surface area contributed by atoms with Gasteiger partial charge in [0.2, 0.25) is 0 Å². The minimum Gasteiger partial charge on any atom is -0.481 e. The average Bonchev–Trinajstić information content (AvgIpc) is 2.69. The van der Waals surface area contributed by atoms with Gasteiger partial charge in [0, 0.05) is 17.1 Å². The Balaban J connectivity index is 2.46. The predicted octanol–water partition coefficient (Wildman–Crippen LogP) is 2.25. The first-order chi connectivity index (χ1) is 7.72. The van der Waals surface area contributed by atoms with Gasteiger partial charge in [-0.25, -0.2) is 0 Å². The molecule has 1 heterocycles. The Morgan fingerprint density at radius 1 is 1.50 bits per heavy atom. The molecule has 16 heavy (non-hydrogen) atoms.